The van der Waals surface area contributed by atoms with Gasteiger partial charge in [0.25, 0.3) is 0 Å². The molecule has 4 rings (SSSR count). The molecule has 0 amide bonds. The van der Waals surface area contributed by atoms with Crippen LogP contribution < -0.4 is 5.73 Å². The van der Waals surface area contributed by atoms with Gasteiger partial charge in [-0.3, -0.25) is 5.10 Å². The second-order valence-corrected chi connectivity index (χ2v) is 6.13. The maximum atomic E-state index is 6.03. The summed E-state index contributed by atoms with van der Waals surface area (Å²) < 4.78 is 0. The first-order valence-corrected chi connectivity index (χ1v) is 8.56. The fourth-order valence-corrected chi connectivity index (χ4v) is 3.05. The molecule has 0 bridgehead atoms. The number of hydrogen-bond acceptors (Lipinski definition) is 3. The van der Waals surface area contributed by atoms with Crippen LogP contribution in [0, 0.1) is 11.8 Å². The summed E-state index contributed by atoms with van der Waals surface area (Å²) in [6.07, 6.45) is 5.31. The number of halogens is 1. The number of hydrogen-bond donors (Lipinski definition) is 3. The third-order valence-electron chi connectivity index (χ3n) is 4.13. The average molecular weight is 350 g/mol. The van der Waals surface area contributed by atoms with E-state index in [1.165, 1.54) is 0 Å². The first-order valence-electron chi connectivity index (χ1n) is 8.03. The van der Waals surface area contributed by atoms with Crippen molar-refractivity contribution in [3.63, 3.8) is 0 Å². The van der Waals surface area contributed by atoms with Crippen LogP contribution in [0.1, 0.15) is 18.4 Å². The molecule has 0 saturated heterocycles. The van der Waals surface area contributed by atoms with Crippen molar-refractivity contribution >= 4 is 39.4 Å². The van der Waals surface area contributed by atoms with E-state index in [-0.39, 0.29) is 0 Å². The minimum absolute atomic E-state index is 0.472. The summed E-state index contributed by atoms with van der Waals surface area (Å²) >= 11 is 5.72. The Hall–Kier alpha value is -2.97. The Morgan fingerprint density at radius 2 is 2.12 bits per heavy atom. The third-order valence-corrected chi connectivity index (χ3v) is 4.40. The van der Waals surface area contributed by atoms with Crippen LogP contribution in [0.15, 0.2) is 36.7 Å². The van der Waals surface area contributed by atoms with Crippen LogP contribution in [0.25, 0.3) is 33.1 Å². The van der Waals surface area contributed by atoms with Crippen LogP contribution in [0.2, 0.25) is 0 Å². The second kappa shape index (κ2) is 6.50. The Bertz CT molecular complexity index is 1110. The maximum Gasteiger partial charge on any atom is 0.153 e. The van der Waals surface area contributed by atoms with E-state index in [2.05, 4.69) is 38.1 Å². The predicted octanol–water partition coefficient (Wildman–Crippen LogP) is 4.06. The molecule has 0 unspecified atom stereocenters. The molecule has 1 aromatic carbocycles. The van der Waals surface area contributed by atoms with Crippen LogP contribution in [0.5, 0.6) is 0 Å². The molecule has 4 aromatic rings. The molecule has 0 atom stereocenters. The highest BCUT2D eigenvalue weighted by Gasteiger charge is 2.12. The van der Waals surface area contributed by atoms with Crippen molar-refractivity contribution < 1.29 is 0 Å². The highest BCUT2D eigenvalue weighted by molar-refractivity contribution is 6.17. The largest absolute Gasteiger partial charge is 0.382 e. The highest BCUT2D eigenvalue weighted by atomic mass is 35.5. The van der Waals surface area contributed by atoms with Gasteiger partial charge in [-0.25, -0.2) is 4.98 Å². The number of nitrogens with zero attached hydrogens (tertiary/aromatic N) is 2. The lowest BCUT2D eigenvalue weighted by molar-refractivity contribution is 0.991. The Morgan fingerprint density at radius 3 is 3.00 bits per heavy atom. The molecule has 0 spiro atoms. The zero-order chi connectivity index (χ0) is 17.2. The number of nitrogens with two attached hydrogens (primary N) is 1. The molecule has 0 radical (unpaired) electrons. The van der Waals surface area contributed by atoms with Crippen LogP contribution in [-0.4, -0.2) is 26.0 Å². The lowest BCUT2D eigenvalue weighted by atomic mass is 9.99. The zero-order valence-electron chi connectivity index (χ0n) is 13.4. The Labute approximate surface area is 149 Å². The number of pyridine rings is 1. The molecule has 124 valence electrons. The molecule has 0 aliphatic heterocycles. The van der Waals surface area contributed by atoms with E-state index in [1.54, 1.807) is 6.20 Å². The lowest BCUT2D eigenvalue weighted by Crippen LogP contribution is -1.88. The van der Waals surface area contributed by atoms with Gasteiger partial charge < -0.3 is 10.7 Å². The number of fused-ring (bicyclic) bond motifs is 2. The van der Waals surface area contributed by atoms with Gasteiger partial charge in [-0.2, -0.15) is 5.10 Å². The van der Waals surface area contributed by atoms with Gasteiger partial charge in [-0.15, -0.1) is 11.6 Å². The predicted molar refractivity (Wildman–Crippen MR) is 102 cm³/mol. The summed E-state index contributed by atoms with van der Waals surface area (Å²) in [6.45, 7) is 0. The minimum Gasteiger partial charge on any atom is -0.382 e. The topological polar surface area (TPSA) is 83.4 Å². The van der Waals surface area contributed by atoms with Gasteiger partial charge in [0.2, 0.25) is 0 Å². The van der Waals surface area contributed by atoms with E-state index in [0.717, 1.165) is 51.5 Å². The van der Waals surface area contributed by atoms with Crippen molar-refractivity contribution in [3.05, 3.63) is 42.2 Å². The quantitative estimate of drug-likeness (QED) is 0.296. The molecular weight excluding hydrogens is 334 g/mol. The minimum atomic E-state index is 0.472. The van der Waals surface area contributed by atoms with E-state index in [4.69, 9.17) is 17.3 Å². The summed E-state index contributed by atoms with van der Waals surface area (Å²) in [4.78, 5) is 7.49. The van der Waals surface area contributed by atoms with Gasteiger partial charge >= 0.3 is 0 Å². The number of nitrogen functional groups attached to an aromatic ring is 1. The van der Waals surface area contributed by atoms with Crippen molar-refractivity contribution in [1.29, 1.82) is 0 Å². The summed E-state index contributed by atoms with van der Waals surface area (Å²) in [5.41, 5.74) is 10.7. The standard InChI is InChI=1S/C19H16ClN5/c20-7-3-1-2-4-12-10-13(11-16-17(12)24-25-18(16)21)14-5-8-22-19-15(14)6-9-23-19/h5-6,8-11H,1,3,7H2,(H,22,23)(H3,21,24,25). The van der Waals surface area contributed by atoms with Crippen molar-refractivity contribution in [2.75, 3.05) is 11.6 Å². The molecule has 0 aliphatic carbocycles. The molecule has 0 saturated carbocycles. The normalized spacial score (nSPS) is 10.9. The smallest absolute Gasteiger partial charge is 0.153 e. The summed E-state index contributed by atoms with van der Waals surface area (Å²) in [5, 5.41) is 9.05. The number of benzene rings is 1. The van der Waals surface area contributed by atoms with Crippen LogP contribution >= 0.6 is 11.6 Å². The van der Waals surface area contributed by atoms with Gasteiger partial charge in [0.05, 0.1) is 11.1 Å². The number of alkyl halides is 1. The maximum absolute atomic E-state index is 6.03. The first-order chi connectivity index (χ1) is 12.3. The van der Waals surface area contributed by atoms with Crippen LogP contribution in [-0.2, 0) is 0 Å². The second-order valence-electron chi connectivity index (χ2n) is 5.75. The van der Waals surface area contributed by atoms with Gasteiger partial charge in [-0.1, -0.05) is 11.8 Å². The first kappa shape index (κ1) is 15.6. The lowest BCUT2D eigenvalue weighted by Gasteiger charge is -2.06. The van der Waals surface area contributed by atoms with Crippen molar-refractivity contribution in [3.8, 4) is 23.0 Å². The molecule has 3 aromatic heterocycles. The summed E-state index contributed by atoms with van der Waals surface area (Å²) in [7, 11) is 0. The van der Waals surface area contributed by atoms with E-state index in [9.17, 15) is 0 Å². The summed E-state index contributed by atoms with van der Waals surface area (Å²) in [6, 6.07) is 8.13. The molecule has 0 aliphatic rings. The van der Waals surface area contributed by atoms with Gasteiger partial charge in [0.15, 0.2) is 5.82 Å². The van der Waals surface area contributed by atoms with Crippen LogP contribution in [0.3, 0.4) is 0 Å². The van der Waals surface area contributed by atoms with Crippen molar-refractivity contribution in [2.45, 2.75) is 12.8 Å². The molecule has 4 N–H and O–H groups in total. The molecule has 6 heteroatoms. The number of anilines is 1. The number of unbranched alkanes of at least 4 members (excludes halogenated alkanes) is 1. The highest BCUT2D eigenvalue weighted by Crippen LogP contribution is 2.32. The van der Waals surface area contributed by atoms with Gasteiger partial charge in [0, 0.05) is 35.5 Å². The number of H-pyrrole nitrogens is 2. The molecular formula is C19H16ClN5. The molecule has 3 heterocycles. The van der Waals surface area contributed by atoms with Crippen molar-refractivity contribution in [1.82, 2.24) is 20.2 Å². The number of nitrogens with one attached hydrogen (secondary N) is 2. The number of rotatable bonds is 3. The average Bonchev–Trinajstić information content (AvgIpc) is 3.25. The monoisotopic (exact) mass is 349 g/mol. The SMILES string of the molecule is Nc1n[nH]c2c(C#CCCCCl)cc(-c3ccnc4[nH]ccc34)cc12. The third kappa shape index (κ3) is 2.81. The molecule has 0 fully saturated rings. The van der Waals surface area contributed by atoms with Crippen molar-refractivity contribution in [2.24, 2.45) is 0 Å². The van der Waals surface area contributed by atoms with Crippen LogP contribution in [0.4, 0.5) is 5.82 Å². The molecule has 5 nitrogen and oxygen atoms in total. The van der Waals surface area contributed by atoms with E-state index in [1.807, 2.05) is 24.4 Å². The molecule has 25 heavy (non-hydrogen) atoms. The Balaban J connectivity index is 1.91. The van der Waals surface area contributed by atoms with E-state index < -0.39 is 0 Å². The fourth-order valence-electron chi connectivity index (χ4n) is 2.92. The Kier molecular flexibility index (Phi) is 4.04. The van der Waals surface area contributed by atoms with Gasteiger partial charge in [0.1, 0.15) is 5.65 Å². The fraction of sp³-hybridized carbons (Fsp3) is 0.158. The van der Waals surface area contributed by atoms with E-state index in [0.29, 0.717) is 11.7 Å². The Morgan fingerprint density at radius 1 is 1.20 bits per heavy atom. The summed E-state index contributed by atoms with van der Waals surface area (Å²) in [5.74, 6) is 7.49. The number of aromatic nitrogens is 4. The van der Waals surface area contributed by atoms with Gasteiger partial charge in [-0.05, 0) is 41.8 Å². The number of aromatic amines is 2. The van der Waals surface area contributed by atoms with E-state index >= 15 is 0 Å². The zero-order valence-corrected chi connectivity index (χ0v) is 14.2.